The van der Waals surface area contributed by atoms with Gasteiger partial charge in [-0.25, -0.2) is 4.39 Å². The highest BCUT2D eigenvalue weighted by Gasteiger charge is 2.41. The first-order valence-electron chi connectivity index (χ1n) is 3.84. The molecule has 0 fully saturated rings. The first-order valence-corrected chi connectivity index (χ1v) is 3.84. The van der Waals surface area contributed by atoms with Crippen LogP contribution in [-0.2, 0) is 0 Å². The molecule has 1 aromatic carbocycles. The number of nitrogens with two attached hydrogens (primary N) is 2. The lowest BCUT2D eigenvalue weighted by atomic mass is 10.0. The van der Waals surface area contributed by atoms with Gasteiger partial charge in [-0.15, -0.1) is 0 Å². The van der Waals surface area contributed by atoms with Gasteiger partial charge in [-0.1, -0.05) is 0 Å². The Morgan fingerprint density at radius 1 is 1.27 bits per heavy atom. The molecule has 0 bridgehead atoms. The number of aromatic hydroxyl groups is 1. The summed E-state index contributed by atoms with van der Waals surface area (Å²) in [5.41, 5.74) is 8.50. The third-order valence-corrected chi connectivity index (χ3v) is 1.86. The van der Waals surface area contributed by atoms with E-state index in [1.54, 1.807) is 0 Å². The van der Waals surface area contributed by atoms with Crippen LogP contribution in [0.3, 0.4) is 0 Å². The molecular weight excluding hydrogens is 216 g/mol. The van der Waals surface area contributed by atoms with Gasteiger partial charge in [0.05, 0.1) is 11.3 Å². The highest BCUT2D eigenvalue weighted by atomic mass is 19.4. The summed E-state index contributed by atoms with van der Waals surface area (Å²) in [7, 11) is 0. The van der Waals surface area contributed by atoms with E-state index in [1.807, 2.05) is 0 Å². The van der Waals surface area contributed by atoms with Crippen LogP contribution in [0.25, 0.3) is 0 Å². The summed E-state index contributed by atoms with van der Waals surface area (Å²) >= 11 is 0. The summed E-state index contributed by atoms with van der Waals surface area (Å²) in [6.07, 6.45) is -4.84. The Kier molecular flexibility index (Phi) is 2.76. The Labute approximate surface area is 82.3 Å². The number of phenolic OH excluding ortho intramolecular Hbond substituents is 1. The minimum atomic E-state index is -4.84. The summed E-state index contributed by atoms with van der Waals surface area (Å²) in [5, 5.41) is 9.17. The molecule has 0 saturated carbocycles. The van der Waals surface area contributed by atoms with Gasteiger partial charge in [0.25, 0.3) is 0 Å². The van der Waals surface area contributed by atoms with Gasteiger partial charge in [-0.2, -0.15) is 13.2 Å². The van der Waals surface area contributed by atoms with Crippen molar-refractivity contribution in [2.75, 3.05) is 5.73 Å². The van der Waals surface area contributed by atoms with Gasteiger partial charge < -0.3 is 16.6 Å². The molecular formula is C8H8F4N2O. The average molecular weight is 224 g/mol. The average Bonchev–Trinajstić information content (AvgIpc) is 2.10. The van der Waals surface area contributed by atoms with Gasteiger partial charge in [0.1, 0.15) is 17.6 Å². The smallest absolute Gasteiger partial charge is 0.407 e. The molecule has 0 spiro atoms. The number of alkyl halides is 3. The fourth-order valence-corrected chi connectivity index (χ4v) is 1.06. The van der Waals surface area contributed by atoms with Crippen molar-refractivity contribution in [2.24, 2.45) is 5.73 Å². The van der Waals surface area contributed by atoms with Gasteiger partial charge in [0, 0.05) is 0 Å². The number of nitrogen functional groups attached to an aromatic ring is 1. The predicted molar refractivity (Wildman–Crippen MR) is 45.5 cm³/mol. The van der Waals surface area contributed by atoms with Crippen LogP contribution in [0.2, 0.25) is 0 Å². The first kappa shape index (κ1) is 11.6. The number of hydrogen-bond donors (Lipinski definition) is 3. The van der Waals surface area contributed by atoms with Crippen LogP contribution in [0.4, 0.5) is 23.2 Å². The van der Waals surface area contributed by atoms with Gasteiger partial charge in [-0.3, -0.25) is 0 Å². The van der Waals surface area contributed by atoms with Crippen LogP contribution < -0.4 is 11.5 Å². The van der Waals surface area contributed by atoms with Crippen molar-refractivity contribution in [2.45, 2.75) is 12.2 Å². The van der Waals surface area contributed by atoms with Crippen molar-refractivity contribution in [3.8, 4) is 5.75 Å². The molecule has 5 N–H and O–H groups in total. The SMILES string of the molecule is Nc1ccc(F)c([C@@H](N)C(F)(F)F)c1O. The summed E-state index contributed by atoms with van der Waals surface area (Å²) < 4.78 is 49.6. The van der Waals surface area contributed by atoms with E-state index in [2.05, 4.69) is 0 Å². The largest absolute Gasteiger partial charge is 0.505 e. The number of halogens is 4. The van der Waals surface area contributed by atoms with E-state index >= 15 is 0 Å². The maximum absolute atomic E-state index is 13.0. The molecule has 7 heteroatoms. The zero-order valence-electron chi connectivity index (χ0n) is 7.35. The van der Waals surface area contributed by atoms with Crippen LogP contribution in [-0.4, -0.2) is 11.3 Å². The topological polar surface area (TPSA) is 72.3 Å². The fourth-order valence-electron chi connectivity index (χ4n) is 1.06. The molecule has 0 unspecified atom stereocenters. The third kappa shape index (κ3) is 2.12. The van der Waals surface area contributed by atoms with E-state index in [0.29, 0.717) is 0 Å². The van der Waals surface area contributed by atoms with Crippen LogP contribution in [0, 0.1) is 5.82 Å². The van der Waals surface area contributed by atoms with Crippen molar-refractivity contribution in [3.05, 3.63) is 23.5 Å². The fraction of sp³-hybridized carbons (Fsp3) is 0.250. The Bertz CT molecular complexity index is 378. The summed E-state index contributed by atoms with van der Waals surface area (Å²) in [4.78, 5) is 0. The Morgan fingerprint density at radius 2 is 1.80 bits per heavy atom. The van der Waals surface area contributed by atoms with Crippen molar-refractivity contribution < 1.29 is 22.7 Å². The lowest BCUT2D eigenvalue weighted by molar-refractivity contribution is -0.150. The molecule has 1 atom stereocenters. The molecule has 0 aliphatic rings. The van der Waals surface area contributed by atoms with E-state index in [4.69, 9.17) is 16.6 Å². The number of phenols is 1. The van der Waals surface area contributed by atoms with Crippen LogP contribution in [0.5, 0.6) is 5.75 Å². The van der Waals surface area contributed by atoms with Gasteiger partial charge >= 0.3 is 6.18 Å². The van der Waals surface area contributed by atoms with E-state index in [1.165, 1.54) is 0 Å². The maximum Gasteiger partial charge on any atom is 0.407 e. The molecule has 0 aromatic heterocycles. The van der Waals surface area contributed by atoms with Crippen LogP contribution >= 0.6 is 0 Å². The Morgan fingerprint density at radius 3 is 2.27 bits per heavy atom. The third-order valence-electron chi connectivity index (χ3n) is 1.86. The molecule has 1 aromatic rings. The minimum Gasteiger partial charge on any atom is -0.505 e. The molecule has 84 valence electrons. The predicted octanol–water partition coefficient (Wildman–Crippen LogP) is 1.68. The highest BCUT2D eigenvalue weighted by Crippen LogP contribution is 2.38. The van der Waals surface area contributed by atoms with E-state index in [0.717, 1.165) is 12.1 Å². The second-order valence-corrected chi connectivity index (χ2v) is 2.92. The molecule has 3 nitrogen and oxygen atoms in total. The van der Waals surface area contributed by atoms with Gasteiger partial charge in [-0.05, 0) is 12.1 Å². The maximum atomic E-state index is 13.0. The zero-order valence-corrected chi connectivity index (χ0v) is 7.35. The highest BCUT2D eigenvalue weighted by molar-refractivity contribution is 5.57. The van der Waals surface area contributed by atoms with Crippen LogP contribution in [0.1, 0.15) is 11.6 Å². The normalized spacial score (nSPS) is 13.9. The second kappa shape index (κ2) is 3.58. The molecule has 0 radical (unpaired) electrons. The Balaban J connectivity index is 3.31. The molecule has 0 saturated heterocycles. The lowest BCUT2D eigenvalue weighted by Crippen LogP contribution is -2.29. The quantitative estimate of drug-likeness (QED) is 0.386. The van der Waals surface area contributed by atoms with E-state index in [9.17, 15) is 17.6 Å². The van der Waals surface area contributed by atoms with E-state index in [-0.39, 0.29) is 5.69 Å². The molecule has 15 heavy (non-hydrogen) atoms. The summed E-state index contributed by atoms with van der Waals surface area (Å²) in [6, 6.07) is -0.922. The molecule has 0 aliphatic heterocycles. The van der Waals surface area contributed by atoms with Gasteiger partial charge in [0.2, 0.25) is 0 Å². The monoisotopic (exact) mass is 224 g/mol. The molecule has 0 aliphatic carbocycles. The molecule has 0 heterocycles. The number of rotatable bonds is 1. The number of anilines is 1. The molecule has 0 amide bonds. The van der Waals surface area contributed by atoms with Crippen LogP contribution in [0.15, 0.2) is 12.1 Å². The lowest BCUT2D eigenvalue weighted by Gasteiger charge is -2.18. The van der Waals surface area contributed by atoms with Crippen molar-refractivity contribution in [1.29, 1.82) is 0 Å². The number of benzene rings is 1. The number of hydrogen-bond acceptors (Lipinski definition) is 3. The van der Waals surface area contributed by atoms with E-state index < -0.39 is 29.3 Å². The standard InChI is InChI=1S/C8H8F4N2O/c9-3-1-2-4(13)6(15)5(3)7(14)8(10,11)12/h1-2,7,15H,13-14H2/t7-/m1/s1. The van der Waals surface area contributed by atoms with Gasteiger partial charge in [0.15, 0.2) is 0 Å². The zero-order chi connectivity index (χ0) is 11.8. The van der Waals surface area contributed by atoms with Crippen molar-refractivity contribution in [3.63, 3.8) is 0 Å². The molecule has 1 rings (SSSR count). The Hall–Kier alpha value is -1.50. The van der Waals surface area contributed by atoms with Crippen molar-refractivity contribution >= 4 is 5.69 Å². The summed E-state index contributed by atoms with van der Waals surface area (Å²) in [5.74, 6) is -2.22. The minimum absolute atomic E-state index is 0.355. The summed E-state index contributed by atoms with van der Waals surface area (Å²) in [6.45, 7) is 0. The second-order valence-electron chi connectivity index (χ2n) is 2.92. The van der Waals surface area contributed by atoms with Crippen molar-refractivity contribution in [1.82, 2.24) is 0 Å². The first-order chi connectivity index (χ1) is 6.75.